The van der Waals surface area contributed by atoms with Crippen LogP contribution in [-0.4, -0.2) is 28.7 Å². The Kier molecular flexibility index (Phi) is 3.79. The Balaban J connectivity index is 2.89. The first-order chi connectivity index (χ1) is 6.20. The predicted octanol–water partition coefficient (Wildman–Crippen LogP) is -0.272. The number of hydrogen-bond acceptors (Lipinski definition) is 5. The maximum absolute atomic E-state index is 5.37. The molecule has 0 bridgehead atoms. The smallest absolute Gasteiger partial charge is 0.153 e. The van der Waals surface area contributed by atoms with Crippen molar-refractivity contribution in [3.8, 4) is 0 Å². The summed E-state index contributed by atoms with van der Waals surface area (Å²) in [7, 11) is 3.41. The molecule has 0 fully saturated rings. The second-order valence-electron chi connectivity index (χ2n) is 2.56. The van der Waals surface area contributed by atoms with Gasteiger partial charge in [-0.1, -0.05) is 5.21 Å². The van der Waals surface area contributed by atoms with E-state index >= 15 is 0 Å². The first-order valence-electron chi connectivity index (χ1n) is 3.70. The third-order valence-electron chi connectivity index (χ3n) is 1.69. The molecule has 6 nitrogen and oxygen atoms in total. The topological polar surface area (TPSA) is 78.0 Å². The van der Waals surface area contributed by atoms with Crippen LogP contribution in [0.3, 0.4) is 0 Å². The predicted molar refractivity (Wildman–Crippen MR) is 50.6 cm³/mol. The molecule has 1 aromatic heterocycles. The number of nitrogens with two attached hydrogens (primary N) is 1. The summed E-state index contributed by atoms with van der Waals surface area (Å²) in [6.07, 6.45) is 0. The highest BCUT2D eigenvalue weighted by molar-refractivity contribution is 9.10. The average molecular weight is 250 g/mol. The van der Waals surface area contributed by atoms with Crippen LogP contribution in [0.4, 0.5) is 0 Å². The number of aromatic nitrogens is 3. The normalized spacial score (nSPS) is 13.2. The molecular weight excluding hydrogens is 238 g/mol. The van der Waals surface area contributed by atoms with Gasteiger partial charge in [0.15, 0.2) is 4.60 Å². The number of hydrazine groups is 1. The number of aryl methyl sites for hydroxylation is 1. The largest absolute Gasteiger partial charge is 0.383 e. The molecule has 0 aromatic carbocycles. The number of halogens is 1. The van der Waals surface area contributed by atoms with Crippen molar-refractivity contribution >= 4 is 15.9 Å². The van der Waals surface area contributed by atoms with Gasteiger partial charge < -0.3 is 4.74 Å². The highest BCUT2D eigenvalue weighted by Crippen LogP contribution is 2.19. The van der Waals surface area contributed by atoms with Crippen LogP contribution in [0.15, 0.2) is 4.60 Å². The minimum absolute atomic E-state index is 0.112. The van der Waals surface area contributed by atoms with Gasteiger partial charge in [-0.15, -0.1) is 5.10 Å². The molecule has 74 valence electrons. The summed E-state index contributed by atoms with van der Waals surface area (Å²) in [4.78, 5) is 0. The van der Waals surface area contributed by atoms with Crippen molar-refractivity contribution < 1.29 is 4.74 Å². The molecule has 1 aromatic rings. The van der Waals surface area contributed by atoms with E-state index in [9.17, 15) is 0 Å². The molecule has 13 heavy (non-hydrogen) atoms. The van der Waals surface area contributed by atoms with Crippen molar-refractivity contribution in [2.24, 2.45) is 12.9 Å². The summed E-state index contributed by atoms with van der Waals surface area (Å²) < 4.78 is 7.32. The second-order valence-corrected chi connectivity index (χ2v) is 3.31. The zero-order chi connectivity index (χ0) is 9.84. The summed E-state index contributed by atoms with van der Waals surface area (Å²) in [5, 5.41) is 7.68. The van der Waals surface area contributed by atoms with Gasteiger partial charge in [0.25, 0.3) is 0 Å². The fraction of sp³-hybridized carbons (Fsp3) is 0.667. The number of methoxy groups -OCH3 is 1. The molecule has 0 aliphatic heterocycles. The highest BCUT2D eigenvalue weighted by Gasteiger charge is 2.18. The Morgan fingerprint density at radius 1 is 1.77 bits per heavy atom. The molecule has 1 rings (SSSR count). The molecule has 0 aliphatic carbocycles. The molecule has 1 unspecified atom stereocenters. The lowest BCUT2D eigenvalue weighted by atomic mass is 10.2. The number of rotatable bonds is 4. The summed E-state index contributed by atoms with van der Waals surface area (Å²) in [5.41, 5.74) is 3.50. The molecule has 3 N–H and O–H groups in total. The molecule has 0 saturated heterocycles. The van der Waals surface area contributed by atoms with Crippen molar-refractivity contribution in [3.63, 3.8) is 0 Å². The van der Waals surface area contributed by atoms with Crippen molar-refractivity contribution in [1.29, 1.82) is 0 Å². The number of nitrogens with zero attached hydrogens (tertiary/aromatic N) is 3. The summed E-state index contributed by atoms with van der Waals surface area (Å²) >= 11 is 3.28. The summed E-state index contributed by atoms with van der Waals surface area (Å²) in [6, 6.07) is -0.112. The van der Waals surface area contributed by atoms with E-state index in [-0.39, 0.29) is 6.04 Å². The quantitative estimate of drug-likeness (QED) is 0.568. The van der Waals surface area contributed by atoms with E-state index in [2.05, 4.69) is 31.7 Å². The van der Waals surface area contributed by atoms with Gasteiger partial charge >= 0.3 is 0 Å². The van der Waals surface area contributed by atoms with Gasteiger partial charge in [0.2, 0.25) is 0 Å². The van der Waals surface area contributed by atoms with Crippen LogP contribution in [0.25, 0.3) is 0 Å². The van der Waals surface area contributed by atoms with Crippen LogP contribution in [-0.2, 0) is 11.8 Å². The van der Waals surface area contributed by atoms with E-state index in [4.69, 9.17) is 10.6 Å². The van der Waals surface area contributed by atoms with Crippen molar-refractivity contribution in [1.82, 2.24) is 20.4 Å². The molecule has 1 atom stereocenters. The first-order valence-corrected chi connectivity index (χ1v) is 4.50. The molecule has 0 radical (unpaired) electrons. The number of nitrogens with one attached hydrogen (secondary N) is 1. The average Bonchev–Trinajstić information content (AvgIpc) is 2.43. The SMILES string of the molecule is COCC(NN)c1c(Br)nnn1C. The van der Waals surface area contributed by atoms with Crippen LogP contribution >= 0.6 is 15.9 Å². The van der Waals surface area contributed by atoms with Gasteiger partial charge in [0.1, 0.15) is 0 Å². The van der Waals surface area contributed by atoms with E-state index in [1.165, 1.54) is 0 Å². The van der Waals surface area contributed by atoms with E-state index in [0.717, 1.165) is 5.69 Å². The standard InChI is InChI=1S/C6H12BrN5O/c1-12-5(6(7)10-11-12)4(9-8)3-13-2/h4,9H,3,8H2,1-2H3. The van der Waals surface area contributed by atoms with E-state index in [1.54, 1.807) is 18.8 Å². The van der Waals surface area contributed by atoms with Crippen LogP contribution in [0.5, 0.6) is 0 Å². The lowest BCUT2D eigenvalue weighted by Crippen LogP contribution is -2.32. The maximum atomic E-state index is 5.37. The number of ether oxygens (including phenoxy) is 1. The molecule has 1 heterocycles. The molecule has 0 aliphatic rings. The minimum atomic E-state index is -0.112. The molecule has 0 amide bonds. The second kappa shape index (κ2) is 4.66. The van der Waals surface area contributed by atoms with Crippen LogP contribution in [0.1, 0.15) is 11.7 Å². The van der Waals surface area contributed by atoms with Crippen LogP contribution < -0.4 is 11.3 Å². The third kappa shape index (κ3) is 2.25. The molecule has 0 spiro atoms. The van der Waals surface area contributed by atoms with Gasteiger partial charge in [-0.25, -0.2) is 10.1 Å². The van der Waals surface area contributed by atoms with Crippen LogP contribution in [0, 0.1) is 0 Å². The van der Waals surface area contributed by atoms with Crippen LogP contribution in [0.2, 0.25) is 0 Å². The van der Waals surface area contributed by atoms with Gasteiger partial charge in [0, 0.05) is 14.2 Å². The maximum Gasteiger partial charge on any atom is 0.153 e. The summed E-state index contributed by atoms with van der Waals surface area (Å²) in [6.45, 7) is 0.469. The monoisotopic (exact) mass is 249 g/mol. The fourth-order valence-corrected chi connectivity index (χ4v) is 1.69. The van der Waals surface area contributed by atoms with Crippen molar-refractivity contribution in [2.75, 3.05) is 13.7 Å². The molecular formula is C6H12BrN5O. The Labute approximate surface area is 84.5 Å². The van der Waals surface area contributed by atoms with Gasteiger partial charge in [-0.05, 0) is 15.9 Å². The van der Waals surface area contributed by atoms with Crippen molar-refractivity contribution in [2.45, 2.75) is 6.04 Å². The Morgan fingerprint density at radius 3 is 2.85 bits per heavy atom. The Bertz CT molecular complexity index is 256. The van der Waals surface area contributed by atoms with Gasteiger partial charge in [0.05, 0.1) is 18.3 Å². The van der Waals surface area contributed by atoms with Gasteiger partial charge in [-0.3, -0.25) is 5.84 Å². The highest BCUT2D eigenvalue weighted by atomic mass is 79.9. The zero-order valence-corrected chi connectivity index (χ0v) is 9.08. The van der Waals surface area contributed by atoms with E-state index in [0.29, 0.717) is 11.2 Å². The zero-order valence-electron chi connectivity index (χ0n) is 7.49. The fourth-order valence-electron chi connectivity index (χ4n) is 1.08. The van der Waals surface area contributed by atoms with E-state index < -0.39 is 0 Å². The Hall–Kier alpha value is -0.500. The van der Waals surface area contributed by atoms with Crippen molar-refractivity contribution in [3.05, 3.63) is 10.3 Å². The summed E-state index contributed by atoms with van der Waals surface area (Å²) in [5.74, 6) is 5.37. The Morgan fingerprint density at radius 2 is 2.46 bits per heavy atom. The third-order valence-corrected chi connectivity index (χ3v) is 2.26. The van der Waals surface area contributed by atoms with Gasteiger partial charge in [-0.2, -0.15) is 0 Å². The molecule has 0 saturated carbocycles. The molecule has 7 heteroatoms. The lowest BCUT2D eigenvalue weighted by molar-refractivity contribution is 0.164. The van der Waals surface area contributed by atoms with E-state index in [1.807, 2.05) is 0 Å². The first kappa shape index (κ1) is 10.6. The number of hydrogen-bond donors (Lipinski definition) is 2. The lowest BCUT2D eigenvalue weighted by Gasteiger charge is -2.14. The minimum Gasteiger partial charge on any atom is -0.383 e.